The molecule has 0 amide bonds. The van der Waals surface area contributed by atoms with E-state index >= 15 is 0 Å². The largest absolute Gasteiger partial charge is 0.478 e. The molecule has 148 valence electrons. The quantitative estimate of drug-likeness (QED) is 0.282. The Labute approximate surface area is 147 Å². The monoisotopic (exact) mass is 366 g/mol. The molecule has 0 aromatic heterocycles. The van der Waals surface area contributed by atoms with Crippen LogP contribution >= 0.6 is 0 Å². The smallest absolute Gasteiger partial charge is 0.347 e. The maximum Gasteiger partial charge on any atom is 0.347 e. The summed E-state index contributed by atoms with van der Waals surface area (Å²) >= 11 is 0. The Morgan fingerprint density at radius 1 is 0.880 bits per heavy atom. The van der Waals surface area contributed by atoms with Gasteiger partial charge in [0.25, 0.3) is 0 Å². The van der Waals surface area contributed by atoms with Gasteiger partial charge in [-0.3, -0.25) is 0 Å². The molecule has 0 aliphatic carbocycles. The van der Waals surface area contributed by atoms with Crippen molar-refractivity contribution in [1.29, 1.82) is 0 Å². The molecule has 0 saturated carbocycles. The van der Waals surface area contributed by atoms with Crippen LogP contribution in [-0.4, -0.2) is 56.8 Å². The number of hydrogen-bond acceptors (Lipinski definition) is 7. The third-order valence-electron chi connectivity index (χ3n) is 1.90. The molecule has 0 atom stereocenters. The maximum absolute atomic E-state index is 10.4. The zero-order chi connectivity index (χ0) is 21.3. The first-order chi connectivity index (χ1) is 11.1. The lowest BCUT2D eigenvalue weighted by atomic mass is 9.97. The summed E-state index contributed by atoms with van der Waals surface area (Å²) in [6, 6.07) is 0. The van der Waals surface area contributed by atoms with Crippen molar-refractivity contribution in [3.05, 3.63) is 25.3 Å². The van der Waals surface area contributed by atoms with E-state index in [4.69, 9.17) is 25.7 Å². The molecule has 0 aliphatic heterocycles. The van der Waals surface area contributed by atoms with Crippen LogP contribution in [0.2, 0.25) is 0 Å². The average Bonchev–Trinajstić information content (AvgIpc) is 2.54. The summed E-state index contributed by atoms with van der Waals surface area (Å²) in [5.74, 6) is -2.58. The zero-order valence-electron chi connectivity index (χ0n) is 15.4. The molecule has 0 aliphatic rings. The second kappa shape index (κ2) is 16.6. The molecule has 0 aromatic carbocycles. The normalized spacial score (nSPS) is 9.44. The molecule has 0 aromatic rings. The Morgan fingerprint density at radius 3 is 1.12 bits per heavy atom. The van der Waals surface area contributed by atoms with E-state index in [0.717, 1.165) is 12.2 Å². The van der Waals surface area contributed by atoms with Crippen LogP contribution in [0.5, 0.6) is 0 Å². The van der Waals surface area contributed by atoms with E-state index in [0.29, 0.717) is 0 Å². The SMILES string of the molecule is C=CC(=O)O.C=CC(=O)O.CC(C)(C)C(=O)OO.CC(C)(CO)CO. The van der Waals surface area contributed by atoms with Crippen LogP contribution < -0.4 is 0 Å². The number of aliphatic carboxylic acids is 2. The zero-order valence-corrected chi connectivity index (χ0v) is 15.4. The lowest BCUT2D eigenvalue weighted by Crippen LogP contribution is -2.21. The second-order valence-electron chi connectivity index (χ2n) is 6.19. The van der Waals surface area contributed by atoms with E-state index in [2.05, 4.69) is 18.0 Å². The number of hydrogen-bond donors (Lipinski definition) is 5. The van der Waals surface area contributed by atoms with Gasteiger partial charge in [-0.25, -0.2) is 14.4 Å². The molecule has 0 bridgehead atoms. The molecule has 0 fully saturated rings. The molecule has 0 heterocycles. The van der Waals surface area contributed by atoms with E-state index in [9.17, 15) is 14.4 Å². The third kappa shape index (κ3) is 34.2. The van der Waals surface area contributed by atoms with Gasteiger partial charge in [0.2, 0.25) is 0 Å². The number of carbonyl (C=O) groups is 3. The van der Waals surface area contributed by atoms with Gasteiger partial charge in [0.05, 0.1) is 18.6 Å². The third-order valence-corrected chi connectivity index (χ3v) is 1.90. The average molecular weight is 366 g/mol. The molecular formula is C16H30O9. The Kier molecular flexibility index (Phi) is 20.4. The van der Waals surface area contributed by atoms with Crippen LogP contribution in [0.1, 0.15) is 34.6 Å². The predicted octanol–water partition coefficient (Wildman–Crippen LogP) is 1.56. The van der Waals surface area contributed by atoms with Gasteiger partial charge in [-0.2, -0.15) is 5.26 Å². The van der Waals surface area contributed by atoms with Gasteiger partial charge in [0.1, 0.15) is 0 Å². The minimum atomic E-state index is -0.981. The maximum atomic E-state index is 10.4. The molecule has 0 radical (unpaired) electrons. The van der Waals surface area contributed by atoms with E-state index in [-0.39, 0.29) is 18.6 Å². The Bertz CT molecular complexity index is 382. The van der Waals surface area contributed by atoms with Crippen molar-refractivity contribution in [1.82, 2.24) is 0 Å². The summed E-state index contributed by atoms with van der Waals surface area (Å²) in [5, 5.41) is 39.9. The number of carbonyl (C=O) groups excluding carboxylic acids is 1. The molecule has 0 spiro atoms. The highest BCUT2D eigenvalue weighted by Crippen LogP contribution is 2.13. The van der Waals surface area contributed by atoms with E-state index in [1.165, 1.54) is 0 Å². The fraction of sp³-hybridized carbons (Fsp3) is 0.562. The van der Waals surface area contributed by atoms with Gasteiger partial charge in [0, 0.05) is 17.6 Å². The van der Waals surface area contributed by atoms with Gasteiger partial charge in [-0.05, 0) is 20.8 Å². The fourth-order valence-corrected chi connectivity index (χ4v) is 0.187. The molecule has 9 heteroatoms. The number of aliphatic hydroxyl groups excluding tert-OH is 2. The standard InChI is InChI=1S/C5H10O3.C5H12O2.2C3H4O2/c1-5(2,3)4(6)8-7;1-5(2,3-6)4-7;2*1-2-3(4)5/h7H,1-3H3;6-7H,3-4H2,1-2H3;2*2H,1H2,(H,4,5). The number of carboxylic acid groups (broad SMARTS) is 2. The molecule has 25 heavy (non-hydrogen) atoms. The van der Waals surface area contributed by atoms with E-state index in [1.807, 2.05) is 0 Å². The Hall–Kier alpha value is -2.23. The molecule has 0 rings (SSSR count). The Balaban J connectivity index is -0.000000120. The minimum absolute atomic E-state index is 0.0451. The van der Waals surface area contributed by atoms with Gasteiger partial charge >= 0.3 is 17.9 Å². The van der Waals surface area contributed by atoms with Crippen LogP contribution in [-0.2, 0) is 19.3 Å². The van der Waals surface area contributed by atoms with Crippen molar-refractivity contribution in [3.8, 4) is 0 Å². The number of rotatable bonds is 4. The van der Waals surface area contributed by atoms with Gasteiger partial charge in [0.15, 0.2) is 0 Å². The highest BCUT2D eigenvalue weighted by molar-refractivity contribution is 5.79. The van der Waals surface area contributed by atoms with Gasteiger partial charge < -0.3 is 25.3 Å². The summed E-state index contributed by atoms with van der Waals surface area (Å²) in [5.41, 5.74) is -0.908. The molecule has 0 saturated heterocycles. The van der Waals surface area contributed by atoms with Crippen molar-refractivity contribution in [2.45, 2.75) is 34.6 Å². The van der Waals surface area contributed by atoms with E-state index < -0.39 is 23.3 Å². The van der Waals surface area contributed by atoms with Crippen molar-refractivity contribution >= 4 is 17.9 Å². The van der Waals surface area contributed by atoms with Crippen LogP contribution in [0.15, 0.2) is 25.3 Å². The lowest BCUT2D eigenvalue weighted by Gasteiger charge is -2.16. The van der Waals surface area contributed by atoms with Crippen molar-refractivity contribution in [2.24, 2.45) is 10.8 Å². The van der Waals surface area contributed by atoms with Gasteiger partial charge in [-0.1, -0.05) is 27.0 Å². The fourth-order valence-electron chi connectivity index (χ4n) is 0.187. The Morgan fingerprint density at radius 2 is 1.12 bits per heavy atom. The molecular weight excluding hydrogens is 336 g/mol. The summed E-state index contributed by atoms with van der Waals surface area (Å²) in [6.07, 6.45) is 1.67. The summed E-state index contributed by atoms with van der Waals surface area (Å²) in [6.45, 7) is 14.6. The predicted molar refractivity (Wildman–Crippen MR) is 91.8 cm³/mol. The second-order valence-corrected chi connectivity index (χ2v) is 6.19. The molecule has 5 N–H and O–H groups in total. The van der Waals surface area contributed by atoms with Crippen LogP contribution in [0.25, 0.3) is 0 Å². The topological polar surface area (TPSA) is 162 Å². The number of aliphatic hydroxyl groups is 2. The first-order valence-electron chi connectivity index (χ1n) is 6.93. The number of carboxylic acids is 2. The summed E-state index contributed by atoms with van der Waals surface area (Å²) < 4.78 is 0. The van der Waals surface area contributed by atoms with Crippen LogP contribution in [0.3, 0.4) is 0 Å². The van der Waals surface area contributed by atoms with Crippen LogP contribution in [0.4, 0.5) is 0 Å². The summed E-state index contributed by atoms with van der Waals surface area (Å²) in [7, 11) is 0. The van der Waals surface area contributed by atoms with Crippen molar-refractivity contribution in [2.75, 3.05) is 13.2 Å². The highest BCUT2D eigenvalue weighted by atomic mass is 17.1. The van der Waals surface area contributed by atoms with E-state index in [1.54, 1.807) is 34.6 Å². The first kappa shape index (κ1) is 30.6. The molecule has 0 unspecified atom stereocenters. The van der Waals surface area contributed by atoms with Crippen molar-refractivity contribution < 1.29 is 45.0 Å². The lowest BCUT2D eigenvalue weighted by molar-refractivity contribution is -0.243. The molecule has 9 nitrogen and oxygen atoms in total. The van der Waals surface area contributed by atoms with Crippen LogP contribution in [0, 0.1) is 10.8 Å². The first-order valence-corrected chi connectivity index (χ1v) is 6.93. The van der Waals surface area contributed by atoms with Crippen molar-refractivity contribution in [3.63, 3.8) is 0 Å². The summed E-state index contributed by atoms with van der Waals surface area (Å²) in [4.78, 5) is 32.3. The highest BCUT2D eigenvalue weighted by Gasteiger charge is 2.22. The minimum Gasteiger partial charge on any atom is -0.478 e. The van der Waals surface area contributed by atoms with Gasteiger partial charge in [-0.15, -0.1) is 0 Å².